The number of rotatable bonds is 8. The van der Waals surface area contributed by atoms with E-state index in [1.807, 2.05) is 19.1 Å². The van der Waals surface area contributed by atoms with Crippen LogP contribution in [0.25, 0.3) is 0 Å². The summed E-state index contributed by atoms with van der Waals surface area (Å²) in [5.74, 6) is 0.618. The predicted molar refractivity (Wildman–Crippen MR) is 89.6 cm³/mol. The van der Waals surface area contributed by atoms with E-state index in [9.17, 15) is 4.79 Å². The van der Waals surface area contributed by atoms with Gasteiger partial charge in [0.1, 0.15) is 5.75 Å². The fourth-order valence-electron chi connectivity index (χ4n) is 1.91. The summed E-state index contributed by atoms with van der Waals surface area (Å²) in [6.45, 7) is 11.4. The monoisotopic (exact) mass is 354 g/mol. The maximum Gasteiger partial charge on any atom is 0.261 e. The van der Waals surface area contributed by atoms with Crippen molar-refractivity contribution in [3.63, 3.8) is 0 Å². The molecular weight excluding hydrogens is 332 g/mol. The molecule has 5 heteroatoms. The van der Waals surface area contributed by atoms with Gasteiger partial charge in [-0.1, -0.05) is 28.9 Å². The number of carbonyl (C=O) groups excluding carboxylic acids is 1. The van der Waals surface area contributed by atoms with Crippen LogP contribution >= 0.6 is 15.9 Å². The van der Waals surface area contributed by atoms with Crippen LogP contribution in [0.5, 0.6) is 5.75 Å². The molecule has 1 aromatic carbocycles. The van der Waals surface area contributed by atoms with E-state index in [4.69, 9.17) is 4.74 Å². The van der Waals surface area contributed by atoms with Crippen LogP contribution in [0.4, 0.5) is 0 Å². The average molecular weight is 355 g/mol. The molecule has 1 amide bonds. The maximum absolute atomic E-state index is 11.9. The van der Waals surface area contributed by atoms with Crippen molar-refractivity contribution in [3.05, 3.63) is 40.4 Å². The van der Waals surface area contributed by atoms with Gasteiger partial charge in [0.05, 0.1) is 0 Å². The summed E-state index contributed by atoms with van der Waals surface area (Å²) in [6.07, 6.45) is 1.09. The second-order valence-corrected chi connectivity index (χ2v) is 5.70. The Kier molecular flexibility index (Phi) is 7.47. The van der Waals surface area contributed by atoms with Crippen LogP contribution in [0.3, 0.4) is 0 Å². The molecule has 0 aromatic heterocycles. The molecule has 0 bridgehead atoms. The lowest BCUT2D eigenvalue weighted by atomic mass is 10.1. The van der Waals surface area contributed by atoms with Crippen molar-refractivity contribution in [2.75, 3.05) is 13.1 Å². The lowest BCUT2D eigenvalue weighted by Gasteiger charge is -2.19. The number of amides is 1. The van der Waals surface area contributed by atoms with E-state index in [-0.39, 0.29) is 5.91 Å². The van der Waals surface area contributed by atoms with Crippen molar-refractivity contribution in [1.82, 2.24) is 10.6 Å². The Hall–Kier alpha value is -1.33. The molecule has 0 fully saturated rings. The highest BCUT2D eigenvalue weighted by molar-refractivity contribution is 9.10. The normalized spacial score (nSPS) is 11.8. The van der Waals surface area contributed by atoms with Crippen molar-refractivity contribution >= 4 is 21.8 Å². The minimum atomic E-state index is -0.551. The molecular formula is C16H23BrN2O2. The van der Waals surface area contributed by atoms with E-state index in [0.29, 0.717) is 13.1 Å². The first-order valence-corrected chi connectivity index (χ1v) is 7.83. The van der Waals surface area contributed by atoms with Crippen LogP contribution in [0.1, 0.15) is 25.0 Å². The van der Waals surface area contributed by atoms with Gasteiger partial charge in [-0.05, 0) is 38.1 Å². The predicted octanol–water partition coefficient (Wildman–Crippen LogP) is 2.94. The Morgan fingerprint density at radius 3 is 2.86 bits per heavy atom. The van der Waals surface area contributed by atoms with Gasteiger partial charge in [0.25, 0.3) is 5.91 Å². The minimum absolute atomic E-state index is 0.147. The molecule has 116 valence electrons. The first-order valence-electron chi connectivity index (χ1n) is 7.04. The number of hydrogen-bond acceptors (Lipinski definition) is 3. The van der Waals surface area contributed by atoms with E-state index in [1.165, 1.54) is 0 Å². The van der Waals surface area contributed by atoms with Crippen molar-refractivity contribution in [2.45, 2.75) is 33.4 Å². The van der Waals surface area contributed by atoms with E-state index in [1.54, 1.807) is 13.0 Å². The molecule has 0 heterocycles. The standard InChI is InChI=1S/C16H23BrN2O2/c1-5-7-19-16(20)12(4)21-15-11(3)8-14(17)9-13(15)10-18-6-2/h5,8-9,12,18H,1,6-7,10H2,2-4H3,(H,19,20). The van der Waals surface area contributed by atoms with E-state index in [0.717, 1.165) is 27.9 Å². The largest absolute Gasteiger partial charge is 0.480 e. The van der Waals surface area contributed by atoms with E-state index >= 15 is 0 Å². The molecule has 0 aliphatic carbocycles. The summed E-state index contributed by atoms with van der Waals surface area (Å²) in [5, 5.41) is 6.02. The van der Waals surface area contributed by atoms with Gasteiger partial charge < -0.3 is 15.4 Å². The van der Waals surface area contributed by atoms with Crippen LogP contribution < -0.4 is 15.4 Å². The molecule has 4 nitrogen and oxygen atoms in total. The zero-order valence-corrected chi connectivity index (χ0v) is 14.4. The van der Waals surface area contributed by atoms with Crippen molar-refractivity contribution in [1.29, 1.82) is 0 Å². The Bertz CT molecular complexity index is 503. The molecule has 1 rings (SSSR count). The SMILES string of the molecule is C=CCNC(=O)C(C)Oc1c(C)cc(Br)cc1CNCC. The molecule has 0 spiro atoms. The Labute approximate surface area is 135 Å². The van der Waals surface area contributed by atoms with Crippen LogP contribution in [0.2, 0.25) is 0 Å². The zero-order chi connectivity index (χ0) is 15.8. The van der Waals surface area contributed by atoms with Crippen LogP contribution in [-0.4, -0.2) is 25.1 Å². The number of carbonyl (C=O) groups is 1. The molecule has 1 atom stereocenters. The van der Waals surface area contributed by atoms with Gasteiger partial charge in [-0.15, -0.1) is 6.58 Å². The van der Waals surface area contributed by atoms with Gasteiger partial charge in [0.2, 0.25) is 0 Å². The summed E-state index contributed by atoms with van der Waals surface area (Å²) in [5.41, 5.74) is 2.03. The molecule has 1 aromatic rings. The van der Waals surface area contributed by atoms with Gasteiger partial charge in [0, 0.05) is 23.1 Å². The molecule has 0 aliphatic heterocycles. The fraction of sp³-hybridized carbons (Fsp3) is 0.438. The third kappa shape index (κ3) is 5.52. The second kappa shape index (κ2) is 8.85. The number of ether oxygens (including phenoxy) is 1. The Balaban J connectivity index is 2.89. The topological polar surface area (TPSA) is 50.4 Å². The number of aryl methyl sites for hydroxylation is 1. The molecule has 0 radical (unpaired) electrons. The molecule has 21 heavy (non-hydrogen) atoms. The third-order valence-electron chi connectivity index (χ3n) is 2.97. The smallest absolute Gasteiger partial charge is 0.261 e. The zero-order valence-electron chi connectivity index (χ0n) is 12.8. The lowest BCUT2D eigenvalue weighted by molar-refractivity contribution is -0.127. The molecule has 1 unspecified atom stereocenters. The average Bonchev–Trinajstić information content (AvgIpc) is 2.45. The fourth-order valence-corrected chi connectivity index (χ4v) is 2.53. The number of hydrogen-bond donors (Lipinski definition) is 2. The van der Waals surface area contributed by atoms with E-state index < -0.39 is 6.10 Å². The summed E-state index contributed by atoms with van der Waals surface area (Å²) in [7, 11) is 0. The van der Waals surface area contributed by atoms with Gasteiger partial charge in [-0.2, -0.15) is 0 Å². The second-order valence-electron chi connectivity index (χ2n) is 4.79. The summed E-state index contributed by atoms with van der Waals surface area (Å²) in [6, 6.07) is 4.00. The van der Waals surface area contributed by atoms with Crippen molar-refractivity contribution in [2.24, 2.45) is 0 Å². The third-order valence-corrected chi connectivity index (χ3v) is 3.42. The number of nitrogens with one attached hydrogen (secondary N) is 2. The number of halogens is 1. The molecule has 0 saturated heterocycles. The minimum Gasteiger partial charge on any atom is -0.480 e. The molecule has 0 aliphatic rings. The van der Waals surface area contributed by atoms with E-state index in [2.05, 4.69) is 40.1 Å². The first kappa shape index (κ1) is 17.7. The van der Waals surface area contributed by atoms with Crippen molar-refractivity contribution in [3.8, 4) is 5.75 Å². The van der Waals surface area contributed by atoms with Gasteiger partial charge >= 0.3 is 0 Å². The molecule has 0 saturated carbocycles. The van der Waals surface area contributed by atoms with Crippen molar-refractivity contribution < 1.29 is 9.53 Å². The quantitative estimate of drug-likeness (QED) is 0.705. The van der Waals surface area contributed by atoms with Crippen LogP contribution in [0.15, 0.2) is 29.3 Å². The number of benzene rings is 1. The van der Waals surface area contributed by atoms with Gasteiger partial charge in [-0.3, -0.25) is 4.79 Å². The Morgan fingerprint density at radius 2 is 2.24 bits per heavy atom. The highest BCUT2D eigenvalue weighted by atomic mass is 79.9. The maximum atomic E-state index is 11.9. The summed E-state index contributed by atoms with van der Waals surface area (Å²) in [4.78, 5) is 11.9. The highest BCUT2D eigenvalue weighted by Crippen LogP contribution is 2.29. The Morgan fingerprint density at radius 1 is 1.52 bits per heavy atom. The lowest BCUT2D eigenvalue weighted by Crippen LogP contribution is -2.36. The summed E-state index contributed by atoms with van der Waals surface area (Å²) >= 11 is 3.49. The first-order chi connectivity index (χ1) is 9.99. The summed E-state index contributed by atoms with van der Waals surface area (Å²) < 4.78 is 6.88. The van der Waals surface area contributed by atoms with Crippen LogP contribution in [0, 0.1) is 6.92 Å². The van der Waals surface area contributed by atoms with Gasteiger partial charge in [0.15, 0.2) is 6.10 Å². The molecule has 2 N–H and O–H groups in total. The highest BCUT2D eigenvalue weighted by Gasteiger charge is 2.17. The van der Waals surface area contributed by atoms with Crippen LogP contribution in [-0.2, 0) is 11.3 Å². The van der Waals surface area contributed by atoms with Gasteiger partial charge in [-0.25, -0.2) is 0 Å².